The van der Waals surface area contributed by atoms with Gasteiger partial charge in [0.1, 0.15) is 5.69 Å². The number of aromatic nitrogens is 4. The monoisotopic (exact) mass is 331 g/mol. The molecule has 25 heavy (non-hydrogen) atoms. The summed E-state index contributed by atoms with van der Waals surface area (Å²) in [7, 11) is 0. The summed E-state index contributed by atoms with van der Waals surface area (Å²) in [6, 6.07) is 9.29. The van der Waals surface area contributed by atoms with Crippen molar-refractivity contribution >= 4 is 10.9 Å². The fourth-order valence-corrected chi connectivity index (χ4v) is 4.35. The molecule has 1 saturated heterocycles. The van der Waals surface area contributed by atoms with E-state index >= 15 is 0 Å². The molecule has 3 aliphatic rings. The SMILES string of the molecule is N#CC1(c2ccc3cnn(-c4cnn(C5COC5)c4)c3c2)CC12CC2. The number of rotatable bonds is 3. The second-order valence-electron chi connectivity index (χ2n) is 7.67. The molecule has 0 N–H and O–H groups in total. The lowest BCUT2D eigenvalue weighted by atomic mass is 9.93. The topological polar surface area (TPSA) is 68.7 Å². The first-order chi connectivity index (χ1) is 12.2. The molecule has 6 heteroatoms. The van der Waals surface area contributed by atoms with Crippen LogP contribution in [0.2, 0.25) is 0 Å². The summed E-state index contributed by atoms with van der Waals surface area (Å²) in [5.41, 5.74) is 3.13. The largest absolute Gasteiger partial charge is 0.377 e. The van der Waals surface area contributed by atoms with E-state index in [4.69, 9.17) is 4.74 Å². The Kier molecular flexibility index (Phi) is 2.34. The molecule has 2 saturated carbocycles. The fraction of sp³-hybridized carbons (Fsp3) is 0.421. The number of ether oxygens (including phenoxy) is 1. The molecule has 1 atom stereocenters. The normalized spacial score (nSPS) is 26.5. The second-order valence-corrected chi connectivity index (χ2v) is 7.67. The maximum Gasteiger partial charge on any atom is 0.103 e. The summed E-state index contributed by atoms with van der Waals surface area (Å²) in [6.07, 6.45) is 9.13. The Labute approximate surface area is 144 Å². The summed E-state index contributed by atoms with van der Waals surface area (Å²) in [5.74, 6) is 0. The van der Waals surface area contributed by atoms with Crippen LogP contribution < -0.4 is 0 Å². The number of fused-ring (bicyclic) bond motifs is 1. The van der Waals surface area contributed by atoms with Crippen LogP contribution in [0.3, 0.4) is 0 Å². The van der Waals surface area contributed by atoms with Crippen LogP contribution in [-0.4, -0.2) is 32.8 Å². The van der Waals surface area contributed by atoms with Crippen molar-refractivity contribution in [2.75, 3.05) is 13.2 Å². The molecule has 1 unspecified atom stereocenters. The lowest BCUT2D eigenvalue weighted by molar-refractivity contribution is -0.0286. The highest BCUT2D eigenvalue weighted by molar-refractivity contribution is 5.82. The van der Waals surface area contributed by atoms with Crippen molar-refractivity contribution in [2.24, 2.45) is 5.41 Å². The average Bonchev–Trinajstić information content (AvgIpc) is 3.36. The van der Waals surface area contributed by atoms with Gasteiger partial charge in [-0.25, -0.2) is 4.68 Å². The Balaban J connectivity index is 1.45. The van der Waals surface area contributed by atoms with Gasteiger partial charge in [-0.05, 0) is 36.3 Å². The van der Waals surface area contributed by atoms with Crippen LogP contribution in [-0.2, 0) is 10.2 Å². The molecule has 3 heterocycles. The quantitative estimate of drug-likeness (QED) is 0.740. The van der Waals surface area contributed by atoms with Gasteiger partial charge in [-0.2, -0.15) is 15.5 Å². The molecular formula is C19H17N5O. The fourth-order valence-electron chi connectivity index (χ4n) is 4.35. The minimum absolute atomic E-state index is 0.273. The van der Waals surface area contributed by atoms with Gasteiger partial charge in [-0.1, -0.05) is 12.1 Å². The first-order valence-electron chi connectivity index (χ1n) is 8.77. The Morgan fingerprint density at radius 2 is 2.08 bits per heavy atom. The Morgan fingerprint density at radius 1 is 1.20 bits per heavy atom. The van der Waals surface area contributed by atoms with Crippen molar-refractivity contribution in [1.29, 1.82) is 5.26 Å². The number of hydrogen-bond donors (Lipinski definition) is 0. The minimum Gasteiger partial charge on any atom is -0.377 e. The van der Waals surface area contributed by atoms with Crippen LogP contribution >= 0.6 is 0 Å². The third kappa shape index (κ3) is 1.66. The summed E-state index contributed by atoms with van der Waals surface area (Å²) >= 11 is 0. The Morgan fingerprint density at radius 3 is 2.76 bits per heavy atom. The minimum atomic E-state index is -0.274. The summed E-state index contributed by atoms with van der Waals surface area (Å²) in [4.78, 5) is 0. The van der Waals surface area contributed by atoms with E-state index in [2.05, 4.69) is 34.5 Å². The smallest absolute Gasteiger partial charge is 0.103 e. The maximum atomic E-state index is 9.79. The van der Waals surface area contributed by atoms with E-state index in [9.17, 15) is 5.26 Å². The van der Waals surface area contributed by atoms with Crippen LogP contribution in [0, 0.1) is 16.7 Å². The molecule has 3 aromatic rings. The molecule has 1 spiro atoms. The van der Waals surface area contributed by atoms with Crippen molar-refractivity contribution in [3.05, 3.63) is 42.4 Å². The highest BCUT2D eigenvalue weighted by Crippen LogP contribution is 2.78. The molecule has 124 valence electrons. The molecule has 0 radical (unpaired) electrons. The van der Waals surface area contributed by atoms with Gasteiger partial charge >= 0.3 is 0 Å². The average molecular weight is 331 g/mol. The molecule has 6 nitrogen and oxygen atoms in total. The summed E-state index contributed by atoms with van der Waals surface area (Å²) < 4.78 is 9.12. The van der Waals surface area contributed by atoms with Gasteiger partial charge in [0.05, 0.1) is 54.8 Å². The van der Waals surface area contributed by atoms with Gasteiger partial charge in [0, 0.05) is 5.39 Å². The Hall–Kier alpha value is -2.65. The second kappa shape index (κ2) is 4.30. The van der Waals surface area contributed by atoms with Gasteiger partial charge in [0.2, 0.25) is 0 Å². The molecule has 0 amide bonds. The van der Waals surface area contributed by atoms with Crippen molar-refractivity contribution in [2.45, 2.75) is 30.7 Å². The maximum absolute atomic E-state index is 9.79. The first-order valence-corrected chi connectivity index (χ1v) is 8.77. The molecule has 1 aliphatic heterocycles. The molecule has 2 aromatic heterocycles. The van der Waals surface area contributed by atoms with Gasteiger partial charge in [-0.15, -0.1) is 0 Å². The molecule has 3 fully saturated rings. The lowest BCUT2D eigenvalue weighted by Crippen LogP contribution is -2.30. The van der Waals surface area contributed by atoms with E-state index in [1.54, 1.807) is 0 Å². The molecule has 1 aromatic carbocycles. The lowest BCUT2D eigenvalue weighted by Gasteiger charge is -2.25. The van der Waals surface area contributed by atoms with Crippen LogP contribution in [0.5, 0.6) is 0 Å². The molecule has 0 bridgehead atoms. The van der Waals surface area contributed by atoms with E-state index in [0.717, 1.165) is 41.8 Å². The van der Waals surface area contributed by atoms with Crippen LogP contribution in [0.1, 0.15) is 30.9 Å². The van der Waals surface area contributed by atoms with Gasteiger partial charge < -0.3 is 4.74 Å². The predicted octanol–water partition coefficient (Wildman–Crippen LogP) is 2.74. The standard InChI is InChI=1S/C19H17N5O/c20-12-19(11-18(19)3-4-18)14-2-1-13-6-22-24(17(13)5-14)15-7-21-23(8-15)16-9-25-10-16/h1-2,5-8,16H,3-4,9-11H2. The Bertz CT molecular complexity index is 1050. The van der Waals surface area contributed by atoms with E-state index in [1.165, 1.54) is 12.8 Å². The van der Waals surface area contributed by atoms with Crippen LogP contribution in [0.15, 0.2) is 36.8 Å². The summed E-state index contributed by atoms with van der Waals surface area (Å²) in [5, 5.41) is 19.9. The molecule has 6 rings (SSSR count). The third-order valence-corrected chi connectivity index (χ3v) is 6.32. The van der Waals surface area contributed by atoms with Crippen molar-refractivity contribution in [3.63, 3.8) is 0 Å². The van der Waals surface area contributed by atoms with Gasteiger partial charge in [0.15, 0.2) is 0 Å². The first kappa shape index (κ1) is 13.6. The number of nitrogens with zero attached hydrogens (tertiary/aromatic N) is 5. The van der Waals surface area contributed by atoms with Gasteiger partial charge in [0.25, 0.3) is 0 Å². The summed E-state index contributed by atoms with van der Waals surface area (Å²) in [6.45, 7) is 1.44. The van der Waals surface area contributed by atoms with E-state index in [-0.39, 0.29) is 10.8 Å². The van der Waals surface area contributed by atoms with Crippen molar-refractivity contribution in [3.8, 4) is 11.8 Å². The van der Waals surface area contributed by atoms with Crippen LogP contribution in [0.4, 0.5) is 0 Å². The van der Waals surface area contributed by atoms with Crippen molar-refractivity contribution < 1.29 is 4.74 Å². The number of benzene rings is 1. The van der Waals surface area contributed by atoms with E-state index in [1.807, 2.05) is 28.0 Å². The highest BCUT2D eigenvalue weighted by atomic mass is 16.5. The van der Waals surface area contributed by atoms with E-state index in [0.29, 0.717) is 6.04 Å². The van der Waals surface area contributed by atoms with Crippen LogP contribution in [0.25, 0.3) is 16.6 Å². The highest BCUT2D eigenvalue weighted by Gasteiger charge is 2.75. The zero-order chi connectivity index (χ0) is 16.6. The number of nitriles is 1. The molecular weight excluding hydrogens is 314 g/mol. The molecule has 2 aliphatic carbocycles. The zero-order valence-electron chi connectivity index (χ0n) is 13.7. The zero-order valence-corrected chi connectivity index (χ0v) is 13.7. The number of hydrogen-bond acceptors (Lipinski definition) is 4. The van der Waals surface area contributed by atoms with Gasteiger partial charge in [-0.3, -0.25) is 4.68 Å². The van der Waals surface area contributed by atoms with Crippen molar-refractivity contribution in [1.82, 2.24) is 19.6 Å². The predicted molar refractivity (Wildman–Crippen MR) is 90.3 cm³/mol. The van der Waals surface area contributed by atoms with E-state index < -0.39 is 0 Å². The third-order valence-electron chi connectivity index (χ3n) is 6.32.